The van der Waals surface area contributed by atoms with Gasteiger partial charge in [-0.05, 0) is 18.2 Å². The number of nitrogens with zero attached hydrogens (tertiary/aromatic N) is 1. The van der Waals surface area contributed by atoms with Crippen LogP contribution >= 0.6 is 15.9 Å². The molecule has 0 radical (unpaired) electrons. The van der Waals surface area contributed by atoms with Crippen molar-refractivity contribution in [3.8, 4) is 0 Å². The zero-order chi connectivity index (χ0) is 13.5. The summed E-state index contributed by atoms with van der Waals surface area (Å²) < 4.78 is 38.0. The Hall–Kier alpha value is -1.08. The number of rotatable bonds is 1. The van der Waals surface area contributed by atoms with E-state index in [0.29, 0.717) is 0 Å². The van der Waals surface area contributed by atoms with E-state index in [4.69, 9.17) is 0 Å². The monoisotopic (exact) mass is 323 g/mol. The summed E-state index contributed by atoms with van der Waals surface area (Å²) in [5.74, 6) is -0.377. The molecule has 1 aliphatic heterocycles. The van der Waals surface area contributed by atoms with Crippen LogP contribution in [0.3, 0.4) is 0 Å². The minimum atomic E-state index is -4.49. The van der Waals surface area contributed by atoms with Crippen LogP contribution in [0.2, 0.25) is 0 Å². The number of β-amino-alcohol motifs (C(OH)–C–C–N with tert-alkyl or cyclic N) is 1. The number of amides is 1. The highest BCUT2D eigenvalue weighted by atomic mass is 79.9. The number of anilines is 1. The molecule has 0 saturated carbocycles. The SMILES string of the molecule is O=C1CC(O)CN1c1ccc(Br)c(C(F)(F)F)c1. The van der Waals surface area contributed by atoms with E-state index in [-0.39, 0.29) is 29.0 Å². The third-order valence-electron chi connectivity index (χ3n) is 2.67. The van der Waals surface area contributed by atoms with Crippen LogP contribution in [-0.2, 0) is 11.0 Å². The lowest BCUT2D eigenvalue weighted by molar-refractivity contribution is -0.138. The molecule has 98 valence electrons. The number of hydrogen-bond acceptors (Lipinski definition) is 2. The van der Waals surface area contributed by atoms with Gasteiger partial charge in [-0.3, -0.25) is 4.79 Å². The van der Waals surface area contributed by atoms with Crippen LogP contribution in [-0.4, -0.2) is 23.7 Å². The van der Waals surface area contributed by atoms with E-state index in [1.807, 2.05) is 0 Å². The summed E-state index contributed by atoms with van der Waals surface area (Å²) in [7, 11) is 0. The highest BCUT2D eigenvalue weighted by Crippen LogP contribution is 2.37. The molecule has 18 heavy (non-hydrogen) atoms. The standard InChI is InChI=1S/C11H9BrF3NO2/c12-9-2-1-6(3-8(9)11(13,14)15)16-5-7(17)4-10(16)18/h1-3,7,17H,4-5H2. The number of alkyl halides is 3. The third kappa shape index (κ3) is 2.51. The van der Waals surface area contributed by atoms with Gasteiger partial charge >= 0.3 is 6.18 Å². The van der Waals surface area contributed by atoms with Crippen LogP contribution in [0.1, 0.15) is 12.0 Å². The zero-order valence-corrected chi connectivity index (χ0v) is 10.6. The van der Waals surface area contributed by atoms with Gasteiger partial charge in [0.1, 0.15) is 0 Å². The molecule has 1 N–H and O–H groups in total. The van der Waals surface area contributed by atoms with Crippen molar-refractivity contribution in [3.05, 3.63) is 28.2 Å². The van der Waals surface area contributed by atoms with Crippen LogP contribution in [0.15, 0.2) is 22.7 Å². The number of carbonyl (C=O) groups excluding carboxylic acids is 1. The molecular formula is C11H9BrF3NO2. The Morgan fingerprint density at radius 2 is 2.06 bits per heavy atom. The Bertz CT molecular complexity index is 490. The summed E-state index contributed by atoms with van der Waals surface area (Å²) in [5.41, 5.74) is -0.693. The molecule has 0 aliphatic carbocycles. The van der Waals surface area contributed by atoms with Crippen LogP contribution in [0, 0.1) is 0 Å². The number of halogens is 4. The molecule has 1 aromatic carbocycles. The van der Waals surface area contributed by atoms with Gasteiger partial charge in [0.25, 0.3) is 0 Å². The summed E-state index contributed by atoms with van der Waals surface area (Å²) in [4.78, 5) is 12.7. The first kappa shape index (κ1) is 13.4. The Morgan fingerprint density at radius 1 is 1.39 bits per heavy atom. The number of aliphatic hydroxyl groups is 1. The fourth-order valence-electron chi connectivity index (χ4n) is 1.84. The Morgan fingerprint density at radius 3 is 2.56 bits per heavy atom. The maximum atomic E-state index is 12.7. The Balaban J connectivity index is 2.39. The lowest BCUT2D eigenvalue weighted by Gasteiger charge is -2.18. The number of aliphatic hydroxyl groups excluding tert-OH is 1. The maximum absolute atomic E-state index is 12.7. The Labute approximate surface area is 109 Å². The smallest absolute Gasteiger partial charge is 0.391 e. The van der Waals surface area contributed by atoms with Gasteiger partial charge in [0.15, 0.2) is 0 Å². The van der Waals surface area contributed by atoms with Gasteiger partial charge in [0.05, 0.1) is 24.6 Å². The van der Waals surface area contributed by atoms with Crippen molar-refractivity contribution in [1.29, 1.82) is 0 Å². The van der Waals surface area contributed by atoms with E-state index in [1.54, 1.807) is 0 Å². The summed E-state index contributed by atoms with van der Waals surface area (Å²) >= 11 is 2.83. The second kappa shape index (κ2) is 4.55. The molecule has 1 aliphatic rings. The quantitative estimate of drug-likeness (QED) is 0.863. The predicted octanol–water partition coefficient (Wildman–Crippen LogP) is 2.57. The van der Waals surface area contributed by atoms with Crippen LogP contribution in [0.5, 0.6) is 0 Å². The normalized spacial score (nSPS) is 20.6. The molecule has 0 spiro atoms. The van der Waals surface area contributed by atoms with Gasteiger partial charge in [0, 0.05) is 10.2 Å². The molecule has 1 unspecified atom stereocenters. The van der Waals surface area contributed by atoms with Crippen molar-refractivity contribution in [2.45, 2.75) is 18.7 Å². The minimum Gasteiger partial charge on any atom is -0.391 e. The summed E-state index contributed by atoms with van der Waals surface area (Å²) in [6.07, 6.45) is -5.37. The van der Waals surface area contributed by atoms with Gasteiger partial charge in [-0.2, -0.15) is 13.2 Å². The average molecular weight is 324 g/mol. The molecule has 0 bridgehead atoms. The van der Waals surface area contributed by atoms with Gasteiger partial charge in [-0.1, -0.05) is 15.9 Å². The largest absolute Gasteiger partial charge is 0.417 e. The molecular weight excluding hydrogens is 315 g/mol. The van der Waals surface area contributed by atoms with Crippen molar-refractivity contribution in [1.82, 2.24) is 0 Å². The molecule has 1 heterocycles. The number of benzene rings is 1. The molecule has 3 nitrogen and oxygen atoms in total. The van der Waals surface area contributed by atoms with Crippen LogP contribution in [0.25, 0.3) is 0 Å². The summed E-state index contributed by atoms with van der Waals surface area (Å²) in [6, 6.07) is 3.56. The van der Waals surface area contributed by atoms with Crippen LogP contribution in [0.4, 0.5) is 18.9 Å². The summed E-state index contributed by atoms with van der Waals surface area (Å²) in [5, 5.41) is 9.32. The van der Waals surface area contributed by atoms with E-state index in [9.17, 15) is 23.1 Å². The van der Waals surface area contributed by atoms with E-state index in [0.717, 1.165) is 11.0 Å². The Kier molecular flexibility index (Phi) is 3.37. The predicted molar refractivity (Wildman–Crippen MR) is 62.1 cm³/mol. The summed E-state index contributed by atoms with van der Waals surface area (Å²) in [6.45, 7) is 0.0256. The first-order valence-corrected chi connectivity index (χ1v) is 5.93. The number of carbonyl (C=O) groups is 1. The zero-order valence-electron chi connectivity index (χ0n) is 9.04. The van der Waals surface area contributed by atoms with Crippen molar-refractivity contribution in [3.63, 3.8) is 0 Å². The van der Waals surface area contributed by atoms with Gasteiger partial charge in [-0.15, -0.1) is 0 Å². The fraction of sp³-hybridized carbons (Fsp3) is 0.364. The first-order chi connectivity index (χ1) is 8.29. The second-order valence-corrected chi connectivity index (χ2v) is 4.88. The van der Waals surface area contributed by atoms with E-state index >= 15 is 0 Å². The molecule has 1 fully saturated rings. The van der Waals surface area contributed by atoms with E-state index < -0.39 is 17.8 Å². The lowest BCUT2D eigenvalue weighted by Crippen LogP contribution is -2.25. The first-order valence-electron chi connectivity index (χ1n) is 5.14. The van der Waals surface area contributed by atoms with Crippen molar-refractivity contribution in [2.75, 3.05) is 11.4 Å². The lowest BCUT2D eigenvalue weighted by atomic mass is 10.2. The molecule has 1 atom stereocenters. The van der Waals surface area contributed by atoms with Gasteiger partial charge in [0.2, 0.25) is 5.91 Å². The van der Waals surface area contributed by atoms with Gasteiger partial charge in [-0.25, -0.2) is 0 Å². The molecule has 1 amide bonds. The van der Waals surface area contributed by atoms with Crippen molar-refractivity contribution >= 4 is 27.5 Å². The molecule has 2 rings (SSSR count). The fourth-order valence-corrected chi connectivity index (χ4v) is 2.31. The van der Waals surface area contributed by atoms with E-state index in [1.165, 1.54) is 12.1 Å². The average Bonchev–Trinajstić information content (AvgIpc) is 2.57. The highest BCUT2D eigenvalue weighted by Gasteiger charge is 2.35. The molecule has 1 aromatic rings. The van der Waals surface area contributed by atoms with Crippen molar-refractivity contribution in [2.24, 2.45) is 0 Å². The van der Waals surface area contributed by atoms with E-state index in [2.05, 4.69) is 15.9 Å². The third-order valence-corrected chi connectivity index (χ3v) is 3.36. The second-order valence-electron chi connectivity index (χ2n) is 4.02. The van der Waals surface area contributed by atoms with Crippen LogP contribution < -0.4 is 4.90 Å². The maximum Gasteiger partial charge on any atom is 0.417 e. The highest BCUT2D eigenvalue weighted by molar-refractivity contribution is 9.10. The molecule has 1 saturated heterocycles. The van der Waals surface area contributed by atoms with Crippen molar-refractivity contribution < 1.29 is 23.1 Å². The van der Waals surface area contributed by atoms with Gasteiger partial charge < -0.3 is 10.0 Å². The number of hydrogen-bond donors (Lipinski definition) is 1. The molecule has 0 aromatic heterocycles. The minimum absolute atomic E-state index is 0.0256. The topological polar surface area (TPSA) is 40.5 Å². The molecule has 7 heteroatoms.